The number of esters is 1. The summed E-state index contributed by atoms with van der Waals surface area (Å²) in [6.45, 7) is 3.40. The van der Waals surface area contributed by atoms with Gasteiger partial charge in [-0.2, -0.15) is 4.72 Å². The van der Waals surface area contributed by atoms with Crippen LogP contribution in [-0.4, -0.2) is 45.3 Å². The first kappa shape index (κ1) is 22.6. The van der Waals surface area contributed by atoms with E-state index in [0.29, 0.717) is 5.56 Å². The molecular weight excluding hydrogens is 392 g/mol. The molecular formula is C21H26N2O5S. The molecule has 2 rings (SSSR count). The van der Waals surface area contributed by atoms with Gasteiger partial charge in [0.15, 0.2) is 0 Å². The van der Waals surface area contributed by atoms with E-state index in [4.69, 9.17) is 4.74 Å². The van der Waals surface area contributed by atoms with Crippen LogP contribution in [0.15, 0.2) is 65.6 Å². The highest BCUT2D eigenvalue weighted by molar-refractivity contribution is 7.89. The third-order valence-electron chi connectivity index (χ3n) is 4.26. The van der Waals surface area contributed by atoms with E-state index in [2.05, 4.69) is 4.72 Å². The molecule has 0 spiro atoms. The normalized spacial score (nSPS) is 13.6. The maximum atomic E-state index is 12.9. The number of hydrogen-bond acceptors (Lipinski definition) is 5. The van der Waals surface area contributed by atoms with Crippen LogP contribution < -0.4 is 4.72 Å². The summed E-state index contributed by atoms with van der Waals surface area (Å²) in [7, 11) is -0.813. The van der Waals surface area contributed by atoms with Crippen molar-refractivity contribution in [3.05, 3.63) is 66.2 Å². The predicted octanol–water partition coefficient (Wildman–Crippen LogP) is 2.36. The number of nitrogens with one attached hydrogen (secondary N) is 1. The van der Waals surface area contributed by atoms with Gasteiger partial charge in [-0.3, -0.25) is 9.59 Å². The third kappa shape index (κ3) is 5.88. The Morgan fingerprint density at radius 1 is 0.931 bits per heavy atom. The number of benzene rings is 2. The average Bonchev–Trinajstić information content (AvgIpc) is 2.70. The zero-order valence-electron chi connectivity index (χ0n) is 16.9. The quantitative estimate of drug-likeness (QED) is 0.665. The van der Waals surface area contributed by atoms with Crippen molar-refractivity contribution in [2.24, 2.45) is 5.92 Å². The number of carbonyl (C=O) groups excluding carboxylic acids is 2. The number of rotatable bonds is 8. The second kappa shape index (κ2) is 9.67. The molecule has 0 heterocycles. The molecule has 8 heteroatoms. The van der Waals surface area contributed by atoms with E-state index in [9.17, 15) is 18.0 Å². The lowest BCUT2D eigenvalue weighted by Gasteiger charge is -2.26. The van der Waals surface area contributed by atoms with Crippen LogP contribution in [-0.2, 0) is 24.3 Å². The molecule has 0 saturated heterocycles. The van der Waals surface area contributed by atoms with Gasteiger partial charge in [0, 0.05) is 19.7 Å². The number of nitrogens with zero attached hydrogens (tertiary/aromatic N) is 1. The summed E-state index contributed by atoms with van der Waals surface area (Å²) < 4.78 is 33.2. The minimum absolute atomic E-state index is 0.0439. The van der Waals surface area contributed by atoms with Crippen molar-refractivity contribution in [2.45, 2.75) is 30.9 Å². The molecule has 0 unspecified atom stereocenters. The molecule has 0 radical (unpaired) electrons. The summed E-state index contributed by atoms with van der Waals surface area (Å²) in [4.78, 5) is 26.8. The average molecular weight is 419 g/mol. The minimum atomic E-state index is -3.93. The Balaban J connectivity index is 2.28. The number of likely N-dealkylation sites (N-methyl/N-ethyl adjacent to an activating group) is 1. The van der Waals surface area contributed by atoms with Crippen LogP contribution in [0.25, 0.3) is 0 Å². The second-order valence-electron chi connectivity index (χ2n) is 7.12. The van der Waals surface area contributed by atoms with Crippen molar-refractivity contribution in [1.82, 2.24) is 9.62 Å². The topological polar surface area (TPSA) is 92.8 Å². The molecule has 0 bridgehead atoms. The van der Waals surface area contributed by atoms with Crippen LogP contribution in [0.1, 0.15) is 25.5 Å². The molecule has 2 aromatic rings. The number of carbonyl (C=O) groups is 2. The number of hydrogen-bond donors (Lipinski definition) is 1. The lowest BCUT2D eigenvalue weighted by Crippen LogP contribution is -2.46. The molecule has 0 aromatic heterocycles. The van der Waals surface area contributed by atoms with Crippen molar-refractivity contribution >= 4 is 21.9 Å². The number of ether oxygens (including phenoxy) is 1. The fraction of sp³-hybridized carbons (Fsp3) is 0.333. The van der Waals surface area contributed by atoms with Crippen LogP contribution in [0.3, 0.4) is 0 Å². The Labute approximate surface area is 171 Å². The Morgan fingerprint density at radius 2 is 1.45 bits per heavy atom. The molecule has 0 saturated carbocycles. The lowest BCUT2D eigenvalue weighted by molar-refractivity contribution is -0.162. The van der Waals surface area contributed by atoms with Gasteiger partial charge in [0.25, 0.3) is 5.91 Å². The molecule has 0 aliphatic heterocycles. The van der Waals surface area contributed by atoms with Crippen LogP contribution in [0.2, 0.25) is 0 Å². The molecule has 29 heavy (non-hydrogen) atoms. The van der Waals surface area contributed by atoms with Crippen LogP contribution in [0, 0.1) is 5.92 Å². The molecule has 0 fully saturated rings. The van der Waals surface area contributed by atoms with Gasteiger partial charge in [-0.25, -0.2) is 8.42 Å². The van der Waals surface area contributed by atoms with Crippen LogP contribution in [0.4, 0.5) is 0 Å². The SMILES string of the molecule is CC(C)[C@@H](NS(=O)(=O)c1ccccc1)C(=O)O[C@H](C(=O)N(C)C)c1ccccc1. The van der Waals surface area contributed by atoms with Crippen LogP contribution >= 0.6 is 0 Å². The fourth-order valence-electron chi connectivity index (χ4n) is 2.60. The first-order valence-corrected chi connectivity index (χ1v) is 10.7. The lowest BCUT2D eigenvalue weighted by atomic mass is 10.1. The number of amides is 1. The smallest absolute Gasteiger partial charge is 0.325 e. The van der Waals surface area contributed by atoms with E-state index >= 15 is 0 Å². The van der Waals surface area contributed by atoms with Crippen molar-refractivity contribution in [3.63, 3.8) is 0 Å². The van der Waals surface area contributed by atoms with Gasteiger partial charge in [-0.1, -0.05) is 62.4 Å². The molecule has 2 atom stereocenters. The highest BCUT2D eigenvalue weighted by Crippen LogP contribution is 2.22. The maximum Gasteiger partial charge on any atom is 0.325 e. The minimum Gasteiger partial charge on any atom is -0.446 e. The van der Waals surface area contributed by atoms with Gasteiger partial charge in [-0.05, 0) is 18.1 Å². The summed E-state index contributed by atoms with van der Waals surface area (Å²) >= 11 is 0. The van der Waals surface area contributed by atoms with Crippen molar-refractivity contribution in [3.8, 4) is 0 Å². The van der Waals surface area contributed by atoms with Crippen LogP contribution in [0.5, 0.6) is 0 Å². The Hall–Kier alpha value is -2.71. The van der Waals surface area contributed by atoms with Gasteiger partial charge < -0.3 is 9.64 Å². The summed E-state index contributed by atoms with van der Waals surface area (Å²) in [5.41, 5.74) is 0.507. The largest absolute Gasteiger partial charge is 0.446 e. The molecule has 0 aliphatic carbocycles. The summed E-state index contributed by atoms with van der Waals surface area (Å²) in [6, 6.07) is 15.2. The molecule has 1 N–H and O–H groups in total. The molecule has 2 aromatic carbocycles. The van der Waals surface area contributed by atoms with Crippen molar-refractivity contribution in [1.29, 1.82) is 0 Å². The molecule has 1 amide bonds. The monoisotopic (exact) mass is 418 g/mol. The van der Waals surface area contributed by atoms with Crippen molar-refractivity contribution in [2.75, 3.05) is 14.1 Å². The number of sulfonamides is 1. The summed E-state index contributed by atoms with van der Waals surface area (Å²) in [6.07, 6.45) is -1.17. The van der Waals surface area contributed by atoms with Crippen molar-refractivity contribution < 1.29 is 22.7 Å². The highest BCUT2D eigenvalue weighted by atomic mass is 32.2. The van der Waals surface area contributed by atoms with Gasteiger partial charge in [0.05, 0.1) is 4.90 Å². The van der Waals surface area contributed by atoms with E-state index in [1.54, 1.807) is 76.5 Å². The first-order valence-electron chi connectivity index (χ1n) is 9.17. The molecule has 0 aliphatic rings. The second-order valence-corrected chi connectivity index (χ2v) is 8.83. The third-order valence-corrected chi connectivity index (χ3v) is 5.71. The zero-order chi connectivity index (χ0) is 21.6. The van der Waals surface area contributed by atoms with E-state index in [1.165, 1.54) is 17.0 Å². The zero-order valence-corrected chi connectivity index (χ0v) is 17.7. The Kier molecular flexibility index (Phi) is 7.53. The van der Waals surface area contributed by atoms with E-state index in [1.807, 2.05) is 0 Å². The predicted molar refractivity (Wildman–Crippen MR) is 109 cm³/mol. The maximum absolute atomic E-state index is 12.9. The Morgan fingerprint density at radius 3 is 1.93 bits per heavy atom. The first-order chi connectivity index (χ1) is 13.6. The summed E-state index contributed by atoms with van der Waals surface area (Å²) in [5.74, 6) is -1.63. The standard InChI is InChI=1S/C21H26N2O5S/c1-15(2)18(22-29(26,27)17-13-9-6-10-14-17)21(25)28-19(20(24)23(3)4)16-11-7-5-8-12-16/h5-15,18-19,22H,1-4H3/t18-,19+/m1/s1. The fourth-order valence-corrected chi connectivity index (χ4v) is 3.96. The van der Waals surface area contributed by atoms with Gasteiger partial charge >= 0.3 is 5.97 Å². The van der Waals surface area contributed by atoms with E-state index in [-0.39, 0.29) is 4.90 Å². The molecule has 156 valence electrons. The van der Waals surface area contributed by atoms with Gasteiger partial charge in [0.1, 0.15) is 6.04 Å². The van der Waals surface area contributed by atoms with Gasteiger partial charge in [-0.15, -0.1) is 0 Å². The molecule has 7 nitrogen and oxygen atoms in total. The summed E-state index contributed by atoms with van der Waals surface area (Å²) in [5, 5.41) is 0. The van der Waals surface area contributed by atoms with Gasteiger partial charge in [0.2, 0.25) is 16.1 Å². The highest BCUT2D eigenvalue weighted by Gasteiger charge is 2.34. The van der Waals surface area contributed by atoms with E-state index < -0.39 is 40.0 Å². The Bertz CT molecular complexity index is 928. The van der Waals surface area contributed by atoms with E-state index in [0.717, 1.165) is 0 Å².